The molecule has 0 rings (SSSR count). The Labute approximate surface area is 455 Å². The Morgan fingerprint density at radius 3 is 0.767 bits per heavy atom. The molecule has 1 atom stereocenters. The number of unbranched alkanes of at least 4 members (excludes halogenated alkanes) is 43. The molecule has 0 N–H and O–H groups in total. The molecule has 0 aliphatic rings. The van der Waals surface area contributed by atoms with E-state index >= 15 is 0 Å². The molecule has 0 amide bonds. The number of carbonyl (C=O) groups excluding carboxylic acids is 3. The molecule has 0 aromatic rings. The lowest BCUT2D eigenvalue weighted by Gasteiger charge is -2.18. The molecule has 0 aliphatic heterocycles. The van der Waals surface area contributed by atoms with E-state index in [1.165, 1.54) is 238 Å². The fraction of sp³-hybridized carbons (Fsp3) is 0.866. The average Bonchev–Trinajstić information content (AvgIpc) is 3.39. The third-order valence-electron chi connectivity index (χ3n) is 14.6. The van der Waals surface area contributed by atoms with Gasteiger partial charge in [-0.1, -0.05) is 314 Å². The van der Waals surface area contributed by atoms with E-state index in [0.717, 1.165) is 77.0 Å². The number of rotatable bonds is 60. The molecule has 0 bridgehead atoms. The Hall–Kier alpha value is -2.37. The second kappa shape index (κ2) is 62.2. The number of esters is 3. The molecular formula is C67H124O6. The van der Waals surface area contributed by atoms with Crippen molar-refractivity contribution in [2.24, 2.45) is 0 Å². The highest BCUT2D eigenvalue weighted by Gasteiger charge is 2.19. The molecule has 73 heavy (non-hydrogen) atoms. The monoisotopic (exact) mass is 1020 g/mol. The van der Waals surface area contributed by atoms with Crippen LogP contribution in [0.15, 0.2) is 36.5 Å². The van der Waals surface area contributed by atoms with Crippen LogP contribution in [0.25, 0.3) is 0 Å². The summed E-state index contributed by atoms with van der Waals surface area (Å²) in [6.07, 6.45) is 76.4. The van der Waals surface area contributed by atoms with E-state index in [2.05, 4.69) is 57.2 Å². The number of ether oxygens (including phenoxy) is 3. The smallest absolute Gasteiger partial charge is 0.306 e. The number of hydrogen-bond donors (Lipinski definition) is 0. The third-order valence-corrected chi connectivity index (χ3v) is 14.6. The second-order valence-electron chi connectivity index (χ2n) is 22.0. The minimum absolute atomic E-state index is 0.0690. The molecule has 0 aromatic heterocycles. The SMILES string of the molecule is CCCCCCC/C=C\C/C=C\C/C=C\CCCCCCCCCCCCCCC(=O)OCC(COC(=O)CCCCCCC)OC(=O)CCCCCCCCCCCCCCCCCCCCCCCCC. The molecule has 6 heteroatoms. The van der Waals surface area contributed by atoms with Gasteiger partial charge in [0.1, 0.15) is 13.2 Å². The quantitative estimate of drug-likeness (QED) is 0.0261. The Bertz CT molecular complexity index is 1220. The summed E-state index contributed by atoms with van der Waals surface area (Å²) in [4.78, 5) is 37.9. The minimum atomic E-state index is -0.767. The first-order valence-corrected chi connectivity index (χ1v) is 32.5. The molecular weight excluding hydrogens is 901 g/mol. The van der Waals surface area contributed by atoms with Crippen molar-refractivity contribution in [2.75, 3.05) is 13.2 Å². The average molecular weight is 1030 g/mol. The van der Waals surface area contributed by atoms with Crippen LogP contribution in [0.5, 0.6) is 0 Å². The van der Waals surface area contributed by atoms with E-state index in [0.29, 0.717) is 19.3 Å². The van der Waals surface area contributed by atoms with Crippen molar-refractivity contribution in [3.63, 3.8) is 0 Å². The highest BCUT2D eigenvalue weighted by Crippen LogP contribution is 2.18. The van der Waals surface area contributed by atoms with Crippen LogP contribution in [0, 0.1) is 0 Å². The van der Waals surface area contributed by atoms with Crippen LogP contribution in [0.4, 0.5) is 0 Å². The largest absolute Gasteiger partial charge is 0.462 e. The van der Waals surface area contributed by atoms with Crippen LogP contribution in [-0.2, 0) is 28.6 Å². The zero-order valence-corrected chi connectivity index (χ0v) is 49.2. The molecule has 0 aromatic carbocycles. The normalized spacial score (nSPS) is 12.2. The summed E-state index contributed by atoms with van der Waals surface area (Å²) in [5.41, 5.74) is 0. The Morgan fingerprint density at radius 1 is 0.274 bits per heavy atom. The number of carbonyl (C=O) groups is 3. The molecule has 0 aliphatic carbocycles. The van der Waals surface area contributed by atoms with Crippen LogP contribution in [0.2, 0.25) is 0 Å². The van der Waals surface area contributed by atoms with Crippen molar-refractivity contribution in [3.8, 4) is 0 Å². The maximum absolute atomic E-state index is 12.8. The maximum atomic E-state index is 12.8. The van der Waals surface area contributed by atoms with Gasteiger partial charge in [0.25, 0.3) is 0 Å². The standard InChI is InChI=1S/C67H124O6/c1-4-7-10-13-15-17-19-21-23-25-27-29-31-32-33-34-36-37-39-41-43-45-47-49-51-54-57-60-66(69)72-63-64(62-71-65(68)59-56-53-12-9-6-3)73-67(70)61-58-55-52-50-48-46-44-42-40-38-35-30-28-26-24-22-20-18-16-14-11-8-5-2/h19,21,25,27,31-32,64H,4-18,20,22-24,26,28-30,33-63H2,1-3H3/b21-19-,27-25-,32-31-. The van der Waals surface area contributed by atoms with Gasteiger partial charge in [-0.2, -0.15) is 0 Å². The van der Waals surface area contributed by atoms with E-state index < -0.39 is 6.10 Å². The van der Waals surface area contributed by atoms with Gasteiger partial charge in [-0.3, -0.25) is 14.4 Å². The van der Waals surface area contributed by atoms with Gasteiger partial charge < -0.3 is 14.2 Å². The van der Waals surface area contributed by atoms with Gasteiger partial charge in [0, 0.05) is 19.3 Å². The van der Waals surface area contributed by atoms with Gasteiger partial charge in [-0.25, -0.2) is 0 Å². The summed E-state index contributed by atoms with van der Waals surface area (Å²) in [5, 5.41) is 0. The maximum Gasteiger partial charge on any atom is 0.306 e. The van der Waals surface area contributed by atoms with Crippen LogP contribution in [-0.4, -0.2) is 37.2 Å². The highest BCUT2D eigenvalue weighted by atomic mass is 16.6. The van der Waals surface area contributed by atoms with Crippen molar-refractivity contribution in [3.05, 3.63) is 36.5 Å². The van der Waals surface area contributed by atoms with Gasteiger partial charge in [0.15, 0.2) is 6.10 Å². The van der Waals surface area contributed by atoms with Crippen molar-refractivity contribution >= 4 is 17.9 Å². The second-order valence-corrected chi connectivity index (χ2v) is 22.0. The van der Waals surface area contributed by atoms with Crippen LogP contribution in [0.3, 0.4) is 0 Å². The van der Waals surface area contributed by atoms with E-state index in [9.17, 15) is 14.4 Å². The van der Waals surface area contributed by atoms with E-state index in [1.54, 1.807) is 0 Å². The van der Waals surface area contributed by atoms with Gasteiger partial charge in [-0.05, 0) is 57.8 Å². The van der Waals surface area contributed by atoms with Crippen molar-refractivity contribution in [2.45, 2.75) is 361 Å². The Morgan fingerprint density at radius 2 is 0.493 bits per heavy atom. The molecule has 0 fully saturated rings. The first kappa shape index (κ1) is 70.6. The molecule has 1 unspecified atom stereocenters. The third kappa shape index (κ3) is 60.4. The fourth-order valence-corrected chi connectivity index (χ4v) is 9.75. The van der Waals surface area contributed by atoms with E-state index in [-0.39, 0.29) is 31.1 Å². The summed E-state index contributed by atoms with van der Waals surface area (Å²) in [5.74, 6) is -0.863. The summed E-state index contributed by atoms with van der Waals surface area (Å²) in [6, 6.07) is 0. The number of allylic oxidation sites excluding steroid dienone is 6. The minimum Gasteiger partial charge on any atom is -0.462 e. The molecule has 0 saturated carbocycles. The zero-order valence-electron chi connectivity index (χ0n) is 49.2. The van der Waals surface area contributed by atoms with Crippen LogP contribution in [0.1, 0.15) is 355 Å². The summed E-state index contributed by atoms with van der Waals surface area (Å²) in [7, 11) is 0. The highest BCUT2D eigenvalue weighted by molar-refractivity contribution is 5.71. The zero-order chi connectivity index (χ0) is 52.9. The molecule has 428 valence electrons. The Balaban J connectivity index is 3.99. The lowest BCUT2D eigenvalue weighted by atomic mass is 10.0. The number of hydrogen-bond acceptors (Lipinski definition) is 6. The van der Waals surface area contributed by atoms with Crippen molar-refractivity contribution < 1.29 is 28.6 Å². The summed E-state index contributed by atoms with van der Waals surface area (Å²) >= 11 is 0. The molecule has 0 saturated heterocycles. The first-order chi connectivity index (χ1) is 36.0. The van der Waals surface area contributed by atoms with Gasteiger partial charge in [0.2, 0.25) is 0 Å². The lowest BCUT2D eigenvalue weighted by Crippen LogP contribution is -2.30. The lowest BCUT2D eigenvalue weighted by molar-refractivity contribution is -0.167. The van der Waals surface area contributed by atoms with Crippen molar-refractivity contribution in [1.29, 1.82) is 0 Å². The molecule has 6 nitrogen and oxygen atoms in total. The predicted molar refractivity (Wildman–Crippen MR) is 316 cm³/mol. The summed E-state index contributed by atoms with van der Waals surface area (Å²) in [6.45, 7) is 6.60. The van der Waals surface area contributed by atoms with Crippen LogP contribution >= 0.6 is 0 Å². The van der Waals surface area contributed by atoms with Gasteiger partial charge in [0.05, 0.1) is 0 Å². The van der Waals surface area contributed by atoms with Crippen LogP contribution < -0.4 is 0 Å². The first-order valence-electron chi connectivity index (χ1n) is 32.5. The van der Waals surface area contributed by atoms with Gasteiger partial charge in [-0.15, -0.1) is 0 Å². The topological polar surface area (TPSA) is 78.9 Å². The van der Waals surface area contributed by atoms with Crippen molar-refractivity contribution in [1.82, 2.24) is 0 Å². The van der Waals surface area contributed by atoms with E-state index in [1.807, 2.05) is 0 Å². The van der Waals surface area contributed by atoms with Gasteiger partial charge >= 0.3 is 17.9 Å². The predicted octanol–water partition coefficient (Wildman–Crippen LogP) is 22.0. The van der Waals surface area contributed by atoms with E-state index in [4.69, 9.17) is 14.2 Å². The fourth-order valence-electron chi connectivity index (χ4n) is 9.75. The molecule has 0 spiro atoms. The summed E-state index contributed by atoms with van der Waals surface area (Å²) < 4.78 is 16.8. The molecule has 0 heterocycles. The molecule has 0 radical (unpaired) electrons. The Kier molecular flexibility index (Phi) is 60.2.